The monoisotopic (exact) mass is 212 g/mol. The molecule has 0 N–H and O–H groups in total. The van der Waals surface area contributed by atoms with Crippen LogP contribution in [-0.2, 0) is 26.0 Å². The van der Waals surface area contributed by atoms with Crippen molar-refractivity contribution in [3.05, 3.63) is 47.3 Å². The zero-order chi connectivity index (χ0) is 8.93. The van der Waals surface area contributed by atoms with E-state index in [1.54, 1.807) is 0 Å². The average molecular weight is 212 g/mol. The maximum absolute atomic E-state index is 5.91. The van der Waals surface area contributed by atoms with Crippen molar-refractivity contribution in [2.24, 2.45) is 0 Å². The summed E-state index contributed by atoms with van der Waals surface area (Å²) in [5.41, 5.74) is 0. The highest BCUT2D eigenvalue weighted by Gasteiger charge is 2.31. The molecule has 0 aliphatic carbocycles. The van der Waals surface area contributed by atoms with Gasteiger partial charge in [-0.1, -0.05) is 12.2 Å². The molecule has 68 valence electrons. The fraction of sp³-hybridized carbons (Fsp3) is 0.200. The summed E-state index contributed by atoms with van der Waals surface area (Å²) >= 11 is 0.0353. The van der Waals surface area contributed by atoms with Crippen molar-refractivity contribution in [1.82, 2.24) is 0 Å². The Hall–Kier alpha value is -0.380. The van der Waals surface area contributed by atoms with E-state index in [2.05, 4.69) is 47.3 Å². The third kappa shape index (κ3) is 2.79. The van der Waals surface area contributed by atoms with E-state index in [1.165, 1.54) is 0 Å². The molecule has 2 unspecified atom stereocenters. The number of allylic oxidation sites excluding steroid dienone is 4. The van der Waals surface area contributed by atoms with Crippen molar-refractivity contribution in [2.45, 2.75) is 0 Å². The maximum Gasteiger partial charge on any atom is 0.242 e. The second-order valence-corrected chi connectivity index (χ2v) is 5.95. The van der Waals surface area contributed by atoms with Crippen molar-refractivity contribution < 1.29 is 3.63 Å². The highest BCUT2D eigenvalue weighted by molar-refractivity contribution is 8.08. The molecule has 0 aromatic carbocycles. The van der Waals surface area contributed by atoms with Crippen LogP contribution in [0.3, 0.4) is 0 Å². The summed E-state index contributed by atoms with van der Waals surface area (Å²) in [4.78, 5) is 0. The Labute approximate surface area is 85.0 Å². The lowest BCUT2D eigenvalue weighted by Gasteiger charge is -2.00. The lowest BCUT2D eigenvalue weighted by Crippen LogP contribution is -2.16. The highest BCUT2D eigenvalue weighted by atomic mass is 32.3. The average Bonchev–Trinajstić information content (AvgIpc) is 2.21. The molecule has 0 fully saturated rings. The predicted molar refractivity (Wildman–Crippen MR) is 62.1 cm³/mol. The van der Waals surface area contributed by atoms with E-state index in [0.717, 1.165) is 11.5 Å². The molecule has 0 radical (unpaired) electrons. The van der Waals surface area contributed by atoms with Crippen LogP contribution in [0.4, 0.5) is 0 Å². The topological polar surface area (TPSA) is 9.23 Å². The van der Waals surface area contributed by atoms with E-state index in [0.29, 0.717) is 0 Å². The van der Waals surface area contributed by atoms with E-state index in [9.17, 15) is 0 Å². The normalized spacial score (nSPS) is 31.1. The van der Waals surface area contributed by atoms with Gasteiger partial charge in [0.05, 0.1) is 0 Å². The number of hydrogen-bond donors (Lipinski definition) is 0. The van der Waals surface area contributed by atoms with Crippen LogP contribution in [0.1, 0.15) is 0 Å². The van der Waals surface area contributed by atoms with Crippen LogP contribution in [-0.4, -0.2) is 11.5 Å². The van der Waals surface area contributed by atoms with Gasteiger partial charge < -0.3 is 0 Å². The third-order valence-corrected chi connectivity index (χ3v) is 5.01. The summed E-state index contributed by atoms with van der Waals surface area (Å²) in [6.07, 6.45) is 12.6. The van der Waals surface area contributed by atoms with E-state index in [-0.39, 0.29) is 22.4 Å². The van der Waals surface area contributed by atoms with Crippen LogP contribution < -0.4 is 0 Å². The molecular formula is C10H12OS2+2. The minimum atomic E-state index is 0.0176. The summed E-state index contributed by atoms with van der Waals surface area (Å²) in [7, 11) is 0. The Bertz CT molecular complexity index is 251. The molecule has 0 spiro atoms. The van der Waals surface area contributed by atoms with Gasteiger partial charge in [0.25, 0.3) is 0 Å². The molecule has 0 bridgehead atoms. The molecule has 2 rings (SSSR count). The molecule has 2 heterocycles. The Morgan fingerprint density at radius 1 is 0.769 bits per heavy atom. The van der Waals surface area contributed by atoms with Crippen LogP contribution in [0.25, 0.3) is 0 Å². The SMILES string of the molecule is C1=CC[S+](O[S+]2C=CC=CC2)C=C1. The molecule has 0 saturated heterocycles. The quantitative estimate of drug-likeness (QED) is 0.638. The van der Waals surface area contributed by atoms with Crippen molar-refractivity contribution in [3.8, 4) is 0 Å². The van der Waals surface area contributed by atoms with Crippen molar-refractivity contribution in [1.29, 1.82) is 0 Å². The fourth-order valence-electron chi connectivity index (χ4n) is 1.05. The van der Waals surface area contributed by atoms with Gasteiger partial charge in [-0.05, 0) is 24.3 Å². The highest BCUT2D eigenvalue weighted by Crippen LogP contribution is 2.16. The third-order valence-electron chi connectivity index (χ3n) is 1.65. The Morgan fingerprint density at radius 2 is 1.31 bits per heavy atom. The molecule has 2 atom stereocenters. The zero-order valence-corrected chi connectivity index (χ0v) is 8.89. The molecule has 1 nitrogen and oxygen atoms in total. The Morgan fingerprint density at radius 3 is 1.69 bits per heavy atom. The summed E-state index contributed by atoms with van der Waals surface area (Å²) < 4.78 is 5.91. The molecular weight excluding hydrogens is 200 g/mol. The lowest BCUT2D eigenvalue weighted by atomic mass is 10.5. The lowest BCUT2D eigenvalue weighted by molar-refractivity contribution is 0.730. The first-order valence-corrected chi connectivity index (χ1v) is 6.96. The Kier molecular flexibility index (Phi) is 3.35. The van der Waals surface area contributed by atoms with Crippen LogP contribution in [0, 0.1) is 0 Å². The van der Waals surface area contributed by atoms with Crippen LogP contribution in [0.5, 0.6) is 0 Å². The smallest absolute Gasteiger partial charge is 0.0570 e. The Balaban J connectivity index is 1.84. The second kappa shape index (κ2) is 4.74. The molecule has 0 aromatic heterocycles. The van der Waals surface area contributed by atoms with Crippen molar-refractivity contribution in [2.75, 3.05) is 11.5 Å². The largest absolute Gasteiger partial charge is 0.242 e. The molecule has 13 heavy (non-hydrogen) atoms. The van der Waals surface area contributed by atoms with Gasteiger partial charge in [0.1, 0.15) is 0 Å². The van der Waals surface area contributed by atoms with Gasteiger partial charge >= 0.3 is 0 Å². The zero-order valence-electron chi connectivity index (χ0n) is 7.26. The van der Waals surface area contributed by atoms with Crippen LogP contribution >= 0.6 is 0 Å². The van der Waals surface area contributed by atoms with E-state index >= 15 is 0 Å². The molecule has 2 aliphatic heterocycles. The molecule has 3 heteroatoms. The molecule has 2 aliphatic rings. The number of hydrogen-bond acceptors (Lipinski definition) is 1. The summed E-state index contributed by atoms with van der Waals surface area (Å²) in [5.74, 6) is 2.08. The van der Waals surface area contributed by atoms with Crippen LogP contribution in [0.15, 0.2) is 47.3 Å². The summed E-state index contributed by atoms with van der Waals surface area (Å²) in [6, 6.07) is 0. The first-order valence-electron chi connectivity index (χ1n) is 4.20. The van der Waals surface area contributed by atoms with Gasteiger partial charge in [0.2, 0.25) is 22.4 Å². The summed E-state index contributed by atoms with van der Waals surface area (Å²) in [6.45, 7) is 0. The summed E-state index contributed by atoms with van der Waals surface area (Å²) in [5, 5.41) is 4.30. The predicted octanol–water partition coefficient (Wildman–Crippen LogP) is 2.24. The van der Waals surface area contributed by atoms with Gasteiger partial charge in [-0.15, -0.1) is 0 Å². The maximum atomic E-state index is 5.91. The second-order valence-electron chi connectivity index (χ2n) is 2.68. The van der Waals surface area contributed by atoms with Crippen molar-refractivity contribution in [3.63, 3.8) is 0 Å². The van der Waals surface area contributed by atoms with Gasteiger partial charge in [-0.25, -0.2) is 0 Å². The van der Waals surface area contributed by atoms with E-state index in [4.69, 9.17) is 3.63 Å². The van der Waals surface area contributed by atoms with Crippen molar-refractivity contribution >= 4 is 22.4 Å². The van der Waals surface area contributed by atoms with Crippen LogP contribution in [0.2, 0.25) is 0 Å². The molecule has 0 aromatic rings. The first kappa shape index (κ1) is 9.19. The molecule has 0 saturated carbocycles. The standard InChI is InChI=1S/C10H12OS2/c1-3-7-12(8-4-1)11-13-9-5-2-6-10-13/h1-7,9H,8,10H2/q+2. The van der Waals surface area contributed by atoms with Gasteiger partial charge in [0.15, 0.2) is 22.3 Å². The van der Waals surface area contributed by atoms with E-state index in [1.807, 2.05) is 0 Å². The van der Waals surface area contributed by atoms with Gasteiger partial charge in [0, 0.05) is 3.63 Å². The number of rotatable bonds is 2. The van der Waals surface area contributed by atoms with Gasteiger partial charge in [-0.2, -0.15) is 0 Å². The molecule has 0 amide bonds. The van der Waals surface area contributed by atoms with E-state index < -0.39 is 0 Å². The fourth-order valence-corrected chi connectivity index (χ4v) is 4.11. The first-order chi connectivity index (χ1) is 6.45. The van der Waals surface area contributed by atoms with Gasteiger partial charge in [-0.3, -0.25) is 0 Å². The minimum Gasteiger partial charge on any atom is -0.0570 e. The minimum absolute atomic E-state index is 0.0176.